The monoisotopic (exact) mass is 353 g/mol. The second kappa shape index (κ2) is 6.59. The van der Waals surface area contributed by atoms with E-state index in [-0.39, 0.29) is 29.6 Å². The van der Waals surface area contributed by atoms with E-state index in [1.54, 1.807) is 4.90 Å². The number of para-hydroxylation sites is 1. The lowest BCUT2D eigenvalue weighted by atomic mass is 9.87. The summed E-state index contributed by atoms with van der Waals surface area (Å²) in [5.41, 5.74) is 1.06. The van der Waals surface area contributed by atoms with Crippen molar-refractivity contribution in [2.45, 2.75) is 45.2 Å². The van der Waals surface area contributed by atoms with E-state index in [1.807, 2.05) is 31.3 Å². The predicted octanol–water partition coefficient (Wildman–Crippen LogP) is 3.18. The molecule has 4 rings (SSSR count). The van der Waals surface area contributed by atoms with Gasteiger partial charge < -0.3 is 9.32 Å². The zero-order valence-electron chi connectivity index (χ0n) is 15.1. The molecule has 1 aliphatic rings. The van der Waals surface area contributed by atoms with Crippen LogP contribution in [-0.2, 0) is 11.3 Å². The van der Waals surface area contributed by atoms with Crippen LogP contribution < -0.4 is 5.56 Å². The Hall–Kier alpha value is -2.63. The molecule has 1 aromatic carbocycles. The number of fused-ring (bicyclic) bond motifs is 3. The first kappa shape index (κ1) is 16.8. The zero-order valence-corrected chi connectivity index (χ0v) is 15.1. The molecule has 0 saturated heterocycles. The molecule has 1 amide bonds. The SMILES string of the molecule is CC1CCC(N(C)C(=O)Cn2cnc3c(oc4ccccc43)c2=O)CC1. The first-order chi connectivity index (χ1) is 12.5. The first-order valence-corrected chi connectivity index (χ1v) is 9.17. The second-order valence-corrected chi connectivity index (χ2v) is 7.37. The lowest BCUT2D eigenvalue weighted by Crippen LogP contribution is -2.42. The van der Waals surface area contributed by atoms with Crippen molar-refractivity contribution in [2.24, 2.45) is 5.92 Å². The van der Waals surface area contributed by atoms with Crippen LogP contribution in [0.25, 0.3) is 22.1 Å². The summed E-state index contributed by atoms with van der Waals surface area (Å²) in [4.78, 5) is 31.6. The molecule has 0 atom stereocenters. The van der Waals surface area contributed by atoms with Gasteiger partial charge in [0.25, 0.3) is 5.56 Å². The van der Waals surface area contributed by atoms with Gasteiger partial charge in [-0.2, -0.15) is 0 Å². The first-order valence-electron chi connectivity index (χ1n) is 9.17. The maximum atomic E-state index is 12.7. The lowest BCUT2D eigenvalue weighted by molar-refractivity contribution is -0.133. The Morgan fingerprint density at radius 2 is 2.00 bits per heavy atom. The van der Waals surface area contributed by atoms with Crippen molar-refractivity contribution in [3.05, 3.63) is 40.9 Å². The Morgan fingerprint density at radius 3 is 2.77 bits per heavy atom. The largest absolute Gasteiger partial charge is 0.448 e. The molecule has 136 valence electrons. The van der Waals surface area contributed by atoms with E-state index < -0.39 is 0 Å². The van der Waals surface area contributed by atoms with Crippen LogP contribution in [0.5, 0.6) is 0 Å². The fraction of sp³-hybridized carbons (Fsp3) is 0.450. The summed E-state index contributed by atoms with van der Waals surface area (Å²) in [6.07, 6.45) is 5.79. The summed E-state index contributed by atoms with van der Waals surface area (Å²) in [6.45, 7) is 2.24. The van der Waals surface area contributed by atoms with Gasteiger partial charge in [-0.05, 0) is 43.7 Å². The van der Waals surface area contributed by atoms with Crippen LogP contribution in [0.3, 0.4) is 0 Å². The number of carbonyl (C=O) groups is 1. The van der Waals surface area contributed by atoms with Crippen molar-refractivity contribution in [1.29, 1.82) is 0 Å². The van der Waals surface area contributed by atoms with E-state index in [4.69, 9.17) is 4.42 Å². The summed E-state index contributed by atoms with van der Waals surface area (Å²) in [5.74, 6) is 0.668. The standard InChI is InChI=1S/C20H23N3O3/c1-13-7-9-14(10-8-13)22(2)17(24)11-23-12-21-18-15-5-3-4-6-16(15)26-19(18)20(23)25/h3-6,12-14H,7-11H2,1-2H3. The number of carbonyl (C=O) groups excluding carboxylic acids is 1. The van der Waals surface area contributed by atoms with E-state index in [0.29, 0.717) is 11.1 Å². The van der Waals surface area contributed by atoms with Gasteiger partial charge in [-0.15, -0.1) is 0 Å². The molecule has 2 aromatic heterocycles. The molecule has 26 heavy (non-hydrogen) atoms. The fourth-order valence-corrected chi connectivity index (χ4v) is 3.82. The van der Waals surface area contributed by atoms with Crippen LogP contribution in [-0.4, -0.2) is 33.4 Å². The third-order valence-electron chi connectivity index (χ3n) is 5.58. The smallest absolute Gasteiger partial charge is 0.297 e. The van der Waals surface area contributed by atoms with Crippen LogP contribution >= 0.6 is 0 Å². The number of likely N-dealkylation sites (N-methyl/N-ethyl adjacent to an activating group) is 1. The van der Waals surface area contributed by atoms with Crippen molar-refractivity contribution in [2.75, 3.05) is 7.05 Å². The molecule has 0 aliphatic heterocycles. The van der Waals surface area contributed by atoms with Crippen LogP contribution in [0, 0.1) is 5.92 Å². The normalized spacial score (nSPS) is 20.5. The van der Waals surface area contributed by atoms with Crippen LogP contribution in [0.15, 0.2) is 39.8 Å². The van der Waals surface area contributed by atoms with E-state index in [2.05, 4.69) is 11.9 Å². The summed E-state index contributed by atoms with van der Waals surface area (Å²) < 4.78 is 7.02. The fourth-order valence-electron chi connectivity index (χ4n) is 3.82. The maximum Gasteiger partial charge on any atom is 0.297 e. The van der Waals surface area contributed by atoms with Crippen molar-refractivity contribution in [3.63, 3.8) is 0 Å². The molecule has 0 bridgehead atoms. The Bertz CT molecular complexity index is 1010. The molecular weight excluding hydrogens is 330 g/mol. The highest BCUT2D eigenvalue weighted by Crippen LogP contribution is 2.27. The van der Waals surface area contributed by atoms with E-state index in [0.717, 1.165) is 37.0 Å². The third-order valence-corrected chi connectivity index (χ3v) is 5.58. The molecule has 1 fully saturated rings. The Balaban J connectivity index is 1.59. The zero-order chi connectivity index (χ0) is 18.3. The molecule has 0 radical (unpaired) electrons. The summed E-state index contributed by atoms with van der Waals surface area (Å²) >= 11 is 0. The molecule has 1 aliphatic carbocycles. The molecule has 6 heteroatoms. The highest BCUT2D eigenvalue weighted by atomic mass is 16.3. The van der Waals surface area contributed by atoms with Gasteiger partial charge in [0.15, 0.2) is 0 Å². The van der Waals surface area contributed by atoms with E-state index in [1.165, 1.54) is 10.9 Å². The molecule has 2 heterocycles. The average Bonchev–Trinajstić information content (AvgIpc) is 3.03. The van der Waals surface area contributed by atoms with Crippen LogP contribution in [0.1, 0.15) is 32.6 Å². The van der Waals surface area contributed by atoms with Crippen molar-refractivity contribution < 1.29 is 9.21 Å². The molecule has 0 N–H and O–H groups in total. The Labute approximate surface area is 151 Å². The molecule has 3 aromatic rings. The summed E-state index contributed by atoms with van der Waals surface area (Å²) in [7, 11) is 1.83. The van der Waals surface area contributed by atoms with Gasteiger partial charge in [0, 0.05) is 18.5 Å². The molecule has 0 unspecified atom stereocenters. The minimum absolute atomic E-state index is 0.0125. The average molecular weight is 353 g/mol. The minimum Gasteiger partial charge on any atom is -0.448 e. The van der Waals surface area contributed by atoms with Gasteiger partial charge in [0.2, 0.25) is 11.5 Å². The van der Waals surface area contributed by atoms with Crippen LogP contribution in [0.2, 0.25) is 0 Å². The molecule has 6 nitrogen and oxygen atoms in total. The Kier molecular flexibility index (Phi) is 4.26. The van der Waals surface area contributed by atoms with Gasteiger partial charge in [-0.25, -0.2) is 4.98 Å². The number of hydrogen-bond acceptors (Lipinski definition) is 4. The van der Waals surface area contributed by atoms with Gasteiger partial charge >= 0.3 is 0 Å². The highest BCUT2D eigenvalue weighted by Gasteiger charge is 2.25. The van der Waals surface area contributed by atoms with Gasteiger partial charge in [0.1, 0.15) is 17.6 Å². The van der Waals surface area contributed by atoms with E-state index in [9.17, 15) is 9.59 Å². The predicted molar refractivity (Wildman–Crippen MR) is 100.0 cm³/mol. The number of rotatable bonds is 3. The van der Waals surface area contributed by atoms with Gasteiger partial charge in [-0.1, -0.05) is 19.1 Å². The number of furan rings is 1. The number of amides is 1. The maximum absolute atomic E-state index is 12.7. The van der Waals surface area contributed by atoms with Crippen LogP contribution in [0.4, 0.5) is 0 Å². The third kappa shape index (κ3) is 2.89. The quantitative estimate of drug-likeness (QED) is 0.725. The number of hydrogen-bond donors (Lipinski definition) is 0. The minimum atomic E-state index is -0.315. The second-order valence-electron chi connectivity index (χ2n) is 7.37. The van der Waals surface area contributed by atoms with Crippen molar-refractivity contribution in [3.8, 4) is 0 Å². The molecular formula is C20H23N3O3. The summed E-state index contributed by atoms with van der Waals surface area (Å²) in [6, 6.07) is 7.68. The number of nitrogens with zero attached hydrogens (tertiary/aromatic N) is 3. The van der Waals surface area contributed by atoms with Gasteiger partial charge in [-0.3, -0.25) is 14.2 Å². The molecule has 0 spiro atoms. The Morgan fingerprint density at radius 1 is 1.27 bits per heavy atom. The van der Waals surface area contributed by atoms with Gasteiger partial charge in [0.05, 0.1) is 6.33 Å². The van der Waals surface area contributed by atoms with Crippen molar-refractivity contribution in [1.82, 2.24) is 14.5 Å². The number of benzene rings is 1. The lowest BCUT2D eigenvalue weighted by Gasteiger charge is -2.33. The van der Waals surface area contributed by atoms with Crippen molar-refractivity contribution >= 4 is 28.0 Å². The van der Waals surface area contributed by atoms with E-state index >= 15 is 0 Å². The number of aromatic nitrogens is 2. The summed E-state index contributed by atoms with van der Waals surface area (Å²) in [5, 5.41) is 0.812. The molecule has 1 saturated carbocycles. The topological polar surface area (TPSA) is 68.3 Å². The highest BCUT2D eigenvalue weighted by molar-refractivity contribution is 6.01.